The highest BCUT2D eigenvalue weighted by atomic mass is 32.2. The molecule has 0 aliphatic rings. The quantitative estimate of drug-likeness (QED) is 0.432. The van der Waals surface area contributed by atoms with Gasteiger partial charge in [-0.05, 0) is 55.5 Å². The van der Waals surface area contributed by atoms with E-state index in [2.05, 4.69) is 14.7 Å². The fourth-order valence-electron chi connectivity index (χ4n) is 3.39. The summed E-state index contributed by atoms with van der Waals surface area (Å²) in [7, 11) is -3.65. The van der Waals surface area contributed by atoms with Crippen molar-refractivity contribution in [1.82, 2.24) is 19.6 Å². The van der Waals surface area contributed by atoms with Crippen LogP contribution in [0.4, 0.5) is 5.69 Å². The summed E-state index contributed by atoms with van der Waals surface area (Å²) in [5, 5.41) is 4.74. The van der Waals surface area contributed by atoms with Gasteiger partial charge in [-0.15, -0.1) is 0 Å². The molecule has 0 fully saturated rings. The number of nitrogens with one attached hydrogen (secondary N) is 1. The molecule has 3 heterocycles. The largest absolute Gasteiger partial charge is 0.280 e. The first-order valence-corrected chi connectivity index (χ1v) is 11.4. The lowest BCUT2D eigenvalue weighted by molar-refractivity contribution is 0.601. The average molecular weight is 442 g/mol. The van der Waals surface area contributed by atoms with Crippen LogP contribution in [-0.4, -0.2) is 28.0 Å². The number of imidazole rings is 1. The molecule has 0 spiro atoms. The standard InChI is InChI=1S/C24H19N5O2S/c1-17-2-8-21(9-3-17)32(30,31)28-20-6-4-18(5-7-20)22-10-11-24-26-16-23(29(24)27-22)19-12-14-25-15-13-19/h2-16,28H,1H3. The third kappa shape index (κ3) is 3.83. The van der Waals surface area contributed by atoms with Crippen molar-refractivity contribution in [3.8, 4) is 22.5 Å². The Balaban J connectivity index is 1.43. The van der Waals surface area contributed by atoms with Gasteiger partial charge < -0.3 is 0 Å². The SMILES string of the molecule is Cc1ccc(S(=O)(=O)Nc2ccc(-c3ccc4ncc(-c5ccncc5)n4n3)cc2)cc1. The molecule has 7 nitrogen and oxygen atoms in total. The van der Waals surface area contributed by atoms with E-state index < -0.39 is 10.0 Å². The van der Waals surface area contributed by atoms with Crippen molar-refractivity contribution in [3.05, 3.63) is 97.0 Å². The highest BCUT2D eigenvalue weighted by Gasteiger charge is 2.14. The van der Waals surface area contributed by atoms with Crippen LogP contribution in [0, 0.1) is 6.92 Å². The highest BCUT2D eigenvalue weighted by molar-refractivity contribution is 7.92. The van der Waals surface area contributed by atoms with Crippen LogP contribution >= 0.6 is 0 Å². The molecular formula is C24H19N5O2S. The van der Waals surface area contributed by atoms with Gasteiger partial charge in [0.25, 0.3) is 10.0 Å². The minimum atomic E-state index is -3.65. The lowest BCUT2D eigenvalue weighted by atomic mass is 10.1. The van der Waals surface area contributed by atoms with E-state index >= 15 is 0 Å². The van der Waals surface area contributed by atoms with E-state index in [4.69, 9.17) is 5.10 Å². The number of benzene rings is 2. The zero-order valence-corrected chi connectivity index (χ0v) is 18.0. The molecular weight excluding hydrogens is 422 g/mol. The number of hydrogen-bond acceptors (Lipinski definition) is 5. The summed E-state index contributed by atoms with van der Waals surface area (Å²) in [6.45, 7) is 1.91. The van der Waals surface area contributed by atoms with Gasteiger partial charge in [-0.3, -0.25) is 9.71 Å². The summed E-state index contributed by atoms with van der Waals surface area (Å²) in [5.74, 6) is 0. The number of fused-ring (bicyclic) bond motifs is 1. The number of anilines is 1. The van der Waals surface area contributed by atoms with Gasteiger partial charge in [-0.1, -0.05) is 29.8 Å². The fraction of sp³-hybridized carbons (Fsp3) is 0.0417. The number of sulfonamides is 1. The topological polar surface area (TPSA) is 89.2 Å². The second kappa shape index (κ2) is 7.90. The van der Waals surface area contributed by atoms with Gasteiger partial charge in [0.05, 0.1) is 22.5 Å². The number of hydrogen-bond donors (Lipinski definition) is 1. The van der Waals surface area contributed by atoms with Crippen LogP contribution in [0.15, 0.2) is 96.3 Å². The highest BCUT2D eigenvalue weighted by Crippen LogP contribution is 2.24. The van der Waals surface area contributed by atoms with E-state index in [0.717, 1.165) is 33.7 Å². The first kappa shape index (κ1) is 19.9. The van der Waals surface area contributed by atoms with Crippen molar-refractivity contribution < 1.29 is 8.42 Å². The summed E-state index contributed by atoms with van der Waals surface area (Å²) < 4.78 is 29.6. The van der Waals surface area contributed by atoms with Crippen LogP contribution in [-0.2, 0) is 10.0 Å². The Morgan fingerprint density at radius 3 is 2.25 bits per heavy atom. The van der Waals surface area contributed by atoms with Crippen molar-refractivity contribution in [3.63, 3.8) is 0 Å². The van der Waals surface area contributed by atoms with Crippen LogP contribution < -0.4 is 4.72 Å². The van der Waals surface area contributed by atoms with Crippen LogP contribution in [0.2, 0.25) is 0 Å². The Kier molecular flexibility index (Phi) is 4.91. The predicted molar refractivity (Wildman–Crippen MR) is 124 cm³/mol. The number of aromatic nitrogens is 4. The Hall–Kier alpha value is -4.04. The minimum absolute atomic E-state index is 0.225. The maximum absolute atomic E-state index is 12.6. The van der Waals surface area contributed by atoms with Crippen LogP contribution in [0.1, 0.15) is 5.56 Å². The average Bonchev–Trinajstić information content (AvgIpc) is 3.23. The molecule has 5 aromatic rings. The maximum Gasteiger partial charge on any atom is 0.261 e. The zero-order valence-electron chi connectivity index (χ0n) is 17.2. The number of aryl methyl sites for hydroxylation is 1. The Labute approximate surface area is 185 Å². The number of pyridine rings is 1. The lowest BCUT2D eigenvalue weighted by Gasteiger charge is -2.09. The summed E-state index contributed by atoms with van der Waals surface area (Å²) >= 11 is 0. The van der Waals surface area contributed by atoms with Crippen molar-refractivity contribution in [1.29, 1.82) is 0 Å². The smallest absolute Gasteiger partial charge is 0.261 e. The minimum Gasteiger partial charge on any atom is -0.280 e. The van der Waals surface area contributed by atoms with E-state index in [9.17, 15) is 8.42 Å². The fourth-order valence-corrected chi connectivity index (χ4v) is 4.45. The predicted octanol–water partition coefficient (Wildman–Crippen LogP) is 4.57. The van der Waals surface area contributed by atoms with Crippen molar-refractivity contribution >= 4 is 21.4 Å². The molecule has 0 aliphatic heterocycles. The first-order valence-electron chi connectivity index (χ1n) is 9.95. The Bertz CT molecular complexity index is 1490. The third-order valence-electron chi connectivity index (χ3n) is 5.10. The maximum atomic E-state index is 12.6. The number of nitrogens with zero attached hydrogens (tertiary/aromatic N) is 4. The molecule has 0 bridgehead atoms. The van der Waals surface area contributed by atoms with Gasteiger partial charge in [-0.2, -0.15) is 5.10 Å². The molecule has 0 saturated heterocycles. The molecule has 158 valence electrons. The molecule has 0 saturated carbocycles. The lowest BCUT2D eigenvalue weighted by Crippen LogP contribution is -2.12. The van der Waals surface area contributed by atoms with Gasteiger partial charge in [0.15, 0.2) is 5.65 Å². The van der Waals surface area contributed by atoms with Gasteiger partial charge >= 0.3 is 0 Å². The van der Waals surface area contributed by atoms with E-state index in [1.807, 2.05) is 43.3 Å². The summed E-state index contributed by atoms with van der Waals surface area (Å²) in [4.78, 5) is 8.71. The summed E-state index contributed by atoms with van der Waals surface area (Å²) in [6, 6.07) is 21.5. The first-order chi connectivity index (χ1) is 15.5. The van der Waals surface area contributed by atoms with E-state index in [1.54, 1.807) is 59.5 Å². The molecule has 5 rings (SSSR count). The second-order valence-electron chi connectivity index (χ2n) is 7.36. The number of rotatable bonds is 5. The molecule has 0 unspecified atom stereocenters. The van der Waals surface area contributed by atoms with Crippen LogP contribution in [0.5, 0.6) is 0 Å². The van der Waals surface area contributed by atoms with Gasteiger partial charge in [0, 0.05) is 29.2 Å². The normalized spacial score (nSPS) is 11.5. The van der Waals surface area contributed by atoms with E-state index in [1.165, 1.54) is 0 Å². The molecule has 0 radical (unpaired) electrons. The molecule has 0 amide bonds. The monoisotopic (exact) mass is 441 g/mol. The van der Waals surface area contributed by atoms with Gasteiger partial charge in [-0.25, -0.2) is 17.9 Å². The Morgan fingerprint density at radius 2 is 1.53 bits per heavy atom. The van der Waals surface area contributed by atoms with Crippen LogP contribution in [0.3, 0.4) is 0 Å². The van der Waals surface area contributed by atoms with E-state index in [0.29, 0.717) is 5.69 Å². The Morgan fingerprint density at radius 1 is 0.812 bits per heavy atom. The summed E-state index contributed by atoms with van der Waals surface area (Å²) in [5.41, 5.74) is 5.67. The molecule has 0 atom stereocenters. The molecule has 32 heavy (non-hydrogen) atoms. The van der Waals surface area contributed by atoms with E-state index in [-0.39, 0.29) is 4.90 Å². The van der Waals surface area contributed by atoms with Crippen LogP contribution in [0.25, 0.3) is 28.2 Å². The van der Waals surface area contributed by atoms with Gasteiger partial charge in [0.1, 0.15) is 0 Å². The van der Waals surface area contributed by atoms with Crippen molar-refractivity contribution in [2.24, 2.45) is 0 Å². The third-order valence-corrected chi connectivity index (χ3v) is 6.50. The molecule has 8 heteroatoms. The molecule has 2 aromatic carbocycles. The van der Waals surface area contributed by atoms with Gasteiger partial charge in [0.2, 0.25) is 0 Å². The summed E-state index contributed by atoms with van der Waals surface area (Å²) in [6.07, 6.45) is 5.24. The molecule has 1 N–H and O–H groups in total. The van der Waals surface area contributed by atoms with Crippen molar-refractivity contribution in [2.75, 3.05) is 4.72 Å². The molecule has 3 aromatic heterocycles. The van der Waals surface area contributed by atoms with Crippen molar-refractivity contribution in [2.45, 2.75) is 11.8 Å². The second-order valence-corrected chi connectivity index (χ2v) is 9.05. The molecule has 0 aliphatic carbocycles. The zero-order chi connectivity index (χ0) is 22.1.